The van der Waals surface area contributed by atoms with Crippen LogP contribution in [0.15, 0.2) is 0 Å². The zero-order valence-electron chi connectivity index (χ0n) is 8.96. The first-order valence-corrected chi connectivity index (χ1v) is 7.56. The Morgan fingerprint density at radius 1 is 1.00 bits per heavy atom. The normalized spacial score (nSPS) is 12.0. The zero-order chi connectivity index (χ0) is 10.2. The summed E-state index contributed by atoms with van der Waals surface area (Å²) in [5.41, 5.74) is 0. The molecule has 0 amide bonds. The van der Waals surface area contributed by atoms with Crippen molar-refractivity contribution < 1.29 is 13.3 Å². The monoisotopic (exact) mass is 224 g/mol. The highest BCUT2D eigenvalue weighted by Gasteiger charge is 2.36. The van der Waals surface area contributed by atoms with Crippen molar-refractivity contribution in [2.45, 2.75) is 19.4 Å². The van der Waals surface area contributed by atoms with Crippen molar-refractivity contribution in [1.29, 1.82) is 0 Å². The van der Waals surface area contributed by atoms with E-state index in [0.29, 0.717) is 0 Å². The standard InChI is InChI=1S/C8H20O3SSi/c1-5-6-12-7-8-13(9-2,10-3)11-4/h5-8H2,1-4H3. The van der Waals surface area contributed by atoms with Gasteiger partial charge >= 0.3 is 8.80 Å². The third kappa shape index (κ3) is 5.02. The summed E-state index contributed by atoms with van der Waals surface area (Å²) in [6.45, 7) is 2.18. The molecule has 13 heavy (non-hydrogen) atoms. The molecule has 0 atom stereocenters. The molecule has 0 N–H and O–H groups in total. The minimum absolute atomic E-state index is 0.890. The lowest BCUT2D eigenvalue weighted by molar-refractivity contribution is 0.125. The SMILES string of the molecule is CCCSCC[Si](OC)(OC)OC. The Hall–Kier alpha value is 0.447. The summed E-state index contributed by atoms with van der Waals surface area (Å²) in [4.78, 5) is 0. The molecule has 0 aliphatic carbocycles. The molecular formula is C8H20O3SSi. The summed E-state index contributed by atoms with van der Waals surface area (Å²) in [5.74, 6) is 2.25. The van der Waals surface area contributed by atoms with Crippen LogP contribution in [0.1, 0.15) is 13.3 Å². The van der Waals surface area contributed by atoms with E-state index in [1.165, 1.54) is 12.2 Å². The van der Waals surface area contributed by atoms with Gasteiger partial charge in [0.1, 0.15) is 0 Å². The Bertz CT molecular complexity index is 112. The molecule has 0 unspecified atom stereocenters. The van der Waals surface area contributed by atoms with Crippen molar-refractivity contribution in [2.75, 3.05) is 32.8 Å². The first-order chi connectivity index (χ1) is 6.24. The van der Waals surface area contributed by atoms with E-state index in [1.807, 2.05) is 11.8 Å². The summed E-state index contributed by atoms with van der Waals surface area (Å²) in [6.07, 6.45) is 1.21. The lowest BCUT2D eigenvalue weighted by Gasteiger charge is -2.23. The topological polar surface area (TPSA) is 27.7 Å². The van der Waals surface area contributed by atoms with Crippen LogP contribution in [0.3, 0.4) is 0 Å². The van der Waals surface area contributed by atoms with Gasteiger partial charge in [-0.15, -0.1) is 0 Å². The molecule has 0 aliphatic heterocycles. The van der Waals surface area contributed by atoms with E-state index in [-0.39, 0.29) is 0 Å². The van der Waals surface area contributed by atoms with Crippen LogP contribution in [0.5, 0.6) is 0 Å². The van der Waals surface area contributed by atoms with Crippen LogP contribution in [0.2, 0.25) is 6.04 Å². The second-order valence-corrected chi connectivity index (χ2v) is 6.97. The van der Waals surface area contributed by atoms with E-state index in [1.54, 1.807) is 21.3 Å². The molecule has 0 aromatic carbocycles. The maximum Gasteiger partial charge on any atom is 0.500 e. The minimum atomic E-state index is -2.29. The first kappa shape index (κ1) is 13.4. The summed E-state index contributed by atoms with van der Waals surface area (Å²) >= 11 is 1.92. The van der Waals surface area contributed by atoms with Gasteiger partial charge in [-0.25, -0.2) is 0 Å². The molecule has 5 heteroatoms. The lowest BCUT2D eigenvalue weighted by Crippen LogP contribution is -2.43. The molecular weight excluding hydrogens is 204 g/mol. The fourth-order valence-electron chi connectivity index (χ4n) is 1.000. The van der Waals surface area contributed by atoms with Gasteiger partial charge in [0.2, 0.25) is 0 Å². The van der Waals surface area contributed by atoms with Gasteiger partial charge in [-0.3, -0.25) is 0 Å². The van der Waals surface area contributed by atoms with Gasteiger partial charge in [-0.05, 0) is 17.9 Å². The van der Waals surface area contributed by atoms with Crippen LogP contribution in [0.25, 0.3) is 0 Å². The van der Waals surface area contributed by atoms with E-state index in [2.05, 4.69) is 6.92 Å². The molecule has 0 spiro atoms. The zero-order valence-corrected chi connectivity index (χ0v) is 10.8. The van der Waals surface area contributed by atoms with Crippen LogP contribution < -0.4 is 0 Å². The highest BCUT2D eigenvalue weighted by Crippen LogP contribution is 2.16. The largest absolute Gasteiger partial charge is 0.500 e. The van der Waals surface area contributed by atoms with Crippen LogP contribution >= 0.6 is 11.8 Å². The van der Waals surface area contributed by atoms with Gasteiger partial charge in [0.25, 0.3) is 0 Å². The van der Waals surface area contributed by atoms with Gasteiger partial charge in [-0.2, -0.15) is 11.8 Å². The quantitative estimate of drug-likeness (QED) is 0.466. The van der Waals surface area contributed by atoms with Crippen molar-refractivity contribution in [3.8, 4) is 0 Å². The number of hydrogen-bond acceptors (Lipinski definition) is 4. The molecule has 80 valence electrons. The molecule has 0 aromatic heterocycles. The average Bonchev–Trinajstić information content (AvgIpc) is 2.20. The Morgan fingerprint density at radius 2 is 1.54 bits per heavy atom. The third-order valence-electron chi connectivity index (χ3n) is 1.83. The Labute approximate surface area is 86.5 Å². The maximum atomic E-state index is 5.30. The molecule has 0 radical (unpaired) electrons. The van der Waals surface area contributed by atoms with E-state index < -0.39 is 8.80 Å². The number of rotatable bonds is 8. The third-order valence-corrected chi connectivity index (χ3v) is 6.11. The van der Waals surface area contributed by atoms with Gasteiger partial charge < -0.3 is 13.3 Å². The van der Waals surface area contributed by atoms with Gasteiger partial charge in [0.15, 0.2) is 0 Å². The molecule has 0 aromatic rings. The molecule has 0 saturated heterocycles. The van der Waals surface area contributed by atoms with E-state index >= 15 is 0 Å². The second kappa shape index (κ2) is 7.81. The number of hydrogen-bond donors (Lipinski definition) is 0. The highest BCUT2D eigenvalue weighted by molar-refractivity contribution is 7.99. The second-order valence-electron chi connectivity index (χ2n) is 2.66. The molecule has 0 fully saturated rings. The molecule has 3 nitrogen and oxygen atoms in total. The van der Waals surface area contributed by atoms with Crippen molar-refractivity contribution in [3.63, 3.8) is 0 Å². The van der Waals surface area contributed by atoms with Crippen molar-refractivity contribution in [2.24, 2.45) is 0 Å². The summed E-state index contributed by atoms with van der Waals surface area (Å²) < 4.78 is 15.9. The Kier molecular flexibility index (Phi) is 8.08. The predicted octanol–water partition coefficient (Wildman–Crippen LogP) is 2.01. The van der Waals surface area contributed by atoms with Gasteiger partial charge in [-0.1, -0.05) is 6.92 Å². The first-order valence-electron chi connectivity index (χ1n) is 4.48. The minimum Gasteiger partial charge on any atom is -0.377 e. The molecule has 0 rings (SSSR count). The summed E-state index contributed by atoms with van der Waals surface area (Å²) in [6, 6.07) is 0.890. The predicted molar refractivity (Wildman–Crippen MR) is 59.2 cm³/mol. The molecule has 0 aliphatic rings. The molecule has 0 bridgehead atoms. The fraction of sp³-hybridized carbons (Fsp3) is 1.00. The van der Waals surface area contributed by atoms with Crippen molar-refractivity contribution in [1.82, 2.24) is 0 Å². The Morgan fingerprint density at radius 3 is 1.92 bits per heavy atom. The average molecular weight is 224 g/mol. The summed E-state index contributed by atoms with van der Waals surface area (Å²) in [5, 5.41) is 0. The highest BCUT2D eigenvalue weighted by atomic mass is 32.2. The van der Waals surface area contributed by atoms with Crippen molar-refractivity contribution in [3.05, 3.63) is 0 Å². The Balaban J connectivity index is 3.68. The van der Waals surface area contributed by atoms with Crippen LogP contribution in [0.4, 0.5) is 0 Å². The van der Waals surface area contributed by atoms with Gasteiger partial charge in [0.05, 0.1) is 0 Å². The maximum absolute atomic E-state index is 5.30. The van der Waals surface area contributed by atoms with Crippen LogP contribution in [-0.2, 0) is 13.3 Å². The molecule has 0 saturated carbocycles. The molecule has 0 heterocycles. The van der Waals surface area contributed by atoms with E-state index in [9.17, 15) is 0 Å². The lowest BCUT2D eigenvalue weighted by atomic mass is 10.6. The van der Waals surface area contributed by atoms with E-state index in [4.69, 9.17) is 13.3 Å². The van der Waals surface area contributed by atoms with Gasteiger partial charge in [0, 0.05) is 27.4 Å². The fourth-order valence-corrected chi connectivity index (χ4v) is 4.18. The number of thioether (sulfide) groups is 1. The van der Waals surface area contributed by atoms with E-state index in [0.717, 1.165) is 11.8 Å². The van der Waals surface area contributed by atoms with Crippen molar-refractivity contribution >= 4 is 20.6 Å². The summed E-state index contributed by atoms with van der Waals surface area (Å²) in [7, 11) is 2.68. The smallest absolute Gasteiger partial charge is 0.377 e. The van der Waals surface area contributed by atoms with Crippen LogP contribution in [0, 0.1) is 0 Å². The van der Waals surface area contributed by atoms with Crippen LogP contribution in [-0.4, -0.2) is 41.6 Å².